The van der Waals surface area contributed by atoms with Crippen molar-refractivity contribution in [1.29, 1.82) is 0 Å². The maximum Gasteiger partial charge on any atom is 0.150 e. The Kier molecular flexibility index (Phi) is 3.00. The molecule has 0 saturated carbocycles. The highest BCUT2D eigenvalue weighted by atomic mass is 16.3. The molecule has 0 radical (unpaired) electrons. The summed E-state index contributed by atoms with van der Waals surface area (Å²) < 4.78 is 0. The van der Waals surface area contributed by atoms with Crippen LogP contribution in [-0.2, 0) is 0 Å². The van der Waals surface area contributed by atoms with Crippen molar-refractivity contribution in [3.05, 3.63) is 29.3 Å². The summed E-state index contributed by atoms with van der Waals surface area (Å²) in [5.41, 5.74) is 5.93. The third-order valence-corrected chi connectivity index (χ3v) is 1.78. The number of rotatable bonds is 3. The highest BCUT2D eigenvalue weighted by Crippen LogP contribution is 2.21. The number of aromatic hydroxyl groups is 1. The monoisotopic (exact) mass is 181 g/mol. The fourth-order valence-electron chi connectivity index (χ4n) is 1.09. The van der Waals surface area contributed by atoms with E-state index in [1.165, 1.54) is 18.2 Å². The van der Waals surface area contributed by atoms with Crippen molar-refractivity contribution in [3.63, 3.8) is 0 Å². The summed E-state index contributed by atoms with van der Waals surface area (Å²) in [5.74, 6) is 0.00750. The van der Waals surface area contributed by atoms with Gasteiger partial charge < -0.3 is 15.9 Å². The SMILES string of the molecule is NCC(O)c1cc(O)ccc1C=O. The number of benzene rings is 1. The highest BCUT2D eigenvalue weighted by Gasteiger charge is 2.10. The highest BCUT2D eigenvalue weighted by molar-refractivity contribution is 5.77. The van der Waals surface area contributed by atoms with Gasteiger partial charge in [0.25, 0.3) is 0 Å². The number of aldehydes is 1. The molecular formula is C9H11NO3. The Morgan fingerprint density at radius 2 is 2.23 bits per heavy atom. The van der Waals surface area contributed by atoms with Crippen LogP contribution >= 0.6 is 0 Å². The number of nitrogens with two attached hydrogens (primary N) is 1. The first kappa shape index (κ1) is 9.70. The smallest absolute Gasteiger partial charge is 0.150 e. The Balaban J connectivity index is 3.15. The second-order valence-electron chi connectivity index (χ2n) is 2.68. The molecule has 0 amide bonds. The minimum absolute atomic E-state index is 0.00750. The molecule has 1 aromatic carbocycles. The van der Waals surface area contributed by atoms with E-state index >= 15 is 0 Å². The summed E-state index contributed by atoms with van der Waals surface area (Å²) in [5, 5.41) is 18.5. The summed E-state index contributed by atoms with van der Waals surface area (Å²) in [6, 6.07) is 4.16. The van der Waals surface area contributed by atoms with Crippen LogP contribution in [0, 0.1) is 0 Å². The molecule has 0 fully saturated rings. The molecule has 0 aliphatic rings. The normalized spacial score (nSPS) is 12.5. The van der Waals surface area contributed by atoms with Gasteiger partial charge in [-0.2, -0.15) is 0 Å². The van der Waals surface area contributed by atoms with Gasteiger partial charge in [-0.05, 0) is 23.8 Å². The molecule has 1 aromatic rings. The van der Waals surface area contributed by atoms with Crippen molar-refractivity contribution in [2.45, 2.75) is 6.10 Å². The van der Waals surface area contributed by atoms with Gasteiger partial charge in [-0.3, -0.25) is 4.79 Å². The lowest BCUT2D eigenvalue weighted by molar-refractivity contribution is 0.111. The molecule has 0 spiro atoms. The van der Waals surface area contributed by atoms with Gasteiger partial charge in [0.15, 0.2) is 0 Å². The van der Waals surface area contributed by atoms with E-state index in [0.29, 0.717) is 17.4 Å². The second kappa shape index (κ2) is 4.02. The lowest BCUT2D eigenvalue weighted by atomic mass is 10.0. The van der Waals surface area contributed by atoms with Gasteiger partial charge in [-0.15, -0.1) is 0 Å². The molecule has 13 heavy (non-hydrogen) atoms. The average Bonchev–Trinajstić information content (AvgIpc) is 2.16. The largest absolute Gasteiger partial charge is 0.508 e. The third-order valence-electron chi connectivity index (χ3n) is 1.78. The van der Waals surface area contributed by atoms with E-state index < -0.39 is 6.10 Å². The third kappa shape index (κ3) is 2.05. The Bertz CT molecular complexity index is 312. The summed E-state index contributed by atoms with van der Waals surface area (Å²) in [6.45, 7) is 0.0181. The van der Waals surface area contributed by atoms with E-state index in [0.717, 1.165) is 0 Å². The van der Waals surface area contributed by atoms with Crippen molar-refractivity contribution in [2.24, 2.45) is 5.73 Å². The van der Waals surface area contributed by atoms with Crippen molar-refractivity contribution in [2.75, 3.05) is 6.54 Å². The van der Waals surface area contributed by atoms with Crippen molar-refractivity contribution < 1.29 is 15.0 Å². The minimum Gasteiger partial charge on any atom is -0.508 e. The van der Waals surface area contributed by atoms with Crippen molar-refractivity contribution >= 4 is 6.29 Å². The molecular weight excluding hydrogens is 170 g/mol. The van der Waals surface area contributed by atoms with Crippen LogP contribution in [0.3, 0.4) is 0 Å². The van der Waals surface area contributed by atoms with Gasteiger partial charge in [-0.25, -0.2) is 0 Å². The van der Waals surface area contributed by atoms with Gasteiger partial charge in [0, 0.05) is 12.1 Å². The molecule has 4 N–H and O–H groups in total. The van der Waals surface area contributed by atoms with Gasteiger partial charge in [0.1, 0.15) is 12.0 Å². The van der Waals surface area contributed by atoms with Crippen LogP contribution in [0.25, 0.3) is 0 Å². The molecule has 4 nitrogen and oxygen atoms in total. The number of aliphatic hydroxyl groups is 1. The van der Waals surface area contributed by atoms with E-state index in [1.807, 2.05) is 0 Å². The molecule has 0 saturated heterocycles. The maximum atomic E-state index is 10.5. The van der Waals surface area contributed by atoms with E-state index in [2.05, 4.69) is 0 Å². The Hall–Kier alpha value is -1.39. The number of aliphatic hydroxyl groups excluding tert-OH is 1. The molecule has 0 aromatic heterocycles. The van der Waals surface area contributed by atoms with Crippen LogP contribution in [0.4, 0.5) is 0 Å². The van der Waals surface area contributed by atoms with Crippen LogP contribution in [0.5, 0.6) is 5.75 Å². The molecule has 0 bridgehead atoms. The summed E-state index contributed by atoms with van der Waals surface area (Å²) >= 11 is 0. The summed E-state index contributed by atoms with van der Waals surface area (Å²) in [6.07, 6.45) is -0.291. The molecule has 70 valence electrons. The fraction of sp³-hybridized carbons (Fsp3) is 0.222. The zero-order valence-corrected chi connectivity index (χ0v) is 6.97. The second-order valence-corrected chi connectivity index (χ2v) is 2.68. The quantitative estimate of drug-likeness (QED) is 0.581. The summed E-state index contributed by atoms with van der Waals surface area (Å²) in [7, 11) is 0. The lowest BCUT2D eigenvalue weighted by Crippen LogP contribution is -2.13. The number of hydrogen-bond acceptors (Lipinski definition) is 4. The van der Waals surface area contributed by atoms with E-state index in [9.17, 15) is 9.90 Å². The molecule has 1 unspecified atom stereocenters. The van der Waals surface area contributed by atoms with Gasteiger partial charge in [0.05, 0.1) is 6.10 Å². The fourth-order valence-corrected chi connectivity index (χ4v) is 1.09. The van der Waals surface area contributed by atoms with Crippen LogP contribution in [-0.4, -0.2) is 23.0 Å². The van der Waals surface area contributed by atoms with Crippen LogP contribution < -0.4 is 5.73 Å². The van der Waals surface area contributed by atoms with E-state index in [4.69, 9.17) is 10.8 Å². The van der Waals surface area contributed by atoms with E-state index in [1.54, 1.807) is 0 Å². The van der Waals surface area contributed by atoms with E-state index in [-0.39, 0.29) is 12.3 Å². The first-order valence-electron chi connectivity index (χ1n) is 3.85. The molecule has 0 aliphatic heterocycles. The van der Waals surface area contributed by atoms with Crippen LogP contribution in [0.1, 0.15) is 22.0 Å². The zero-order chi connectivity index (χ0) is 9.84. The van der Waals surface area contributed by atoms with Gasteiger partial charge in [0.2, 0.25) is 0 Å². The molecule has 0 aliphatic carbocycles. The zero-order valence-electron chi connectivity index (χ0n) is 6.97. The average molecular weight is 181 g/mol. The Morgan fingerprint density at radius 3 is 2.77 bits per heavy atom. The number of carbonyl (C=O) groups excluding carboxylic acids is 1. The first-order chi connectivity index (χ1) is 6.19. The number of phenolic OH excluding ortho intramolecular Hbond substituents is 1. The Morgan fingerprint density at radius 1 is 1.54 bits per heavy atom. The van der Waals surface area contributed by atoms with Crippen LogP contribution in [0.15, 0.2) is 18.2 Å². The number of hydrogen-bond donors (Lipinski definition) is 3. The minimum atomic E-state index is -0.910. The standard InChI is InChI=1S/C9H11NO3/c10-4-9(13)8-3-7(12)2-1-6(8)5-11/h1-3,5,9,12-13H,4,10H2. The molecule has 1 rings (SSSR count). The van der Waals surface area contributed by atoms with Crippen molar-refractivity contribution in [1.82, 2.24) is 0 Å². The van der Waals surface area contributed by atoms with Gasteiger partial charge in [-0.1, -0.05) is 0 Å². The predicted molar refractivity (Wildman–Crippen MR) is 47.5 cm³/mol. The number of carbonyl (C=O) groups is 1. The van der Waals surface area contributed by atoms with Gasteiger partial charge >= 0.3 is 0 Å². The maximum absolute atomic E-state index is 10.5. The topological polar surface area (TPSA) is 83.6 Å². The number of phenols is 1. The molecule has 1 atom stereocenters. The Labute approximate surface area is 75.6 Å². The molecule has 0 heterocycles. The van der Waals surface area contributed by atoms with Crippen LogP contribution in [0.2, 0.25) is 0 Å². The first-order valence-corrected chi connectivity index (χ1v) is 3.85. The lowest BCUT2D eigenvalue weighted by Gasteiger charge is -2.10. The predicted octanol–water partition coefficient (Wildman–Crippen LogP) is 0.197. The summed E-state index contributed by atoms with van der Waals surface area (Å²) in [4.78, 5) is 10.5. The molecule has 4 heteroatoms. The van der Waals surface area contributed by atoms with Crippen molar-refractivity contribution in [3.8, 4) is 5.75 Å².